The van der Waals surface area contributed by atoms with Gasteiger partial charge >= 0.3 is 6.18 Å². The van der Waals surface area contributed by atoms with Gasteiger partial charge in [-0.15, -0.1) is 0 Å². The normalized spacial score (nSPS) is 11.0. The molecule has 0 radical (unpaired) electrons. The molecule has 0 N–H and O–H groups in total. The van der Waals surface area contributed by atoms with E-state index in [0.29, 0.717) is 11.3 Å². The van der Waals surface area contributed by atoms with Gasteiger partial charge < -0.3 is 4.90 Å². The molecule has 7 heteroatoms. The van der Waals surface area contributed by atoms with Crippen LogP contribution in [0.5, 0.6) is 0 Å². The lowest BCUT2D eigenvalue weighted by Crippen LogP contribution is -2.14. The highest BCUT2D eigenvalue weighted by Crippen LogP contribution is 2.34. The number of hydrogen-bond acceptors (Lipinski definition) is 4. The van der Waals surface area contributed by atoms with E-state index >= 15 is 0 Å². The van der Waals surface area contributed by atoms with Crippen molar-refractivity contribution in [1.82, 2.24) is 4.98 Å². The molecule has 1 aromatic carbocycles. The third kappa shape index (κ3) is 3.51. The molecule has 0 amide bonds. The van der Waals surface area contributed by atoms with E-state index in [-0.39, 0.29) is 11.5 Å². The van der Waals surface area contributed by atoms with E-state index in [4.69, 9.17) is 0 Å². The number of isocyanates is 1. The maximum atomic E-state index is 13.0. The molecule has 114 valence electrons. The molecule has 0 aliphatic rings. The van der Waals surface area contributed by atoms with Crippen LogP contribution in [0.1, 0.15) is 5.56 Å². The van der Waals surface area contributed by atoms with E-state index in [1.54, 1.807) is 32.3 Å². The van der Waals surface area contributed by atoms with E-state index in [2.05, 4.69) is 9.98 Å². The molecule has 0 bridgehead atoms. The van der Waals surface area contributed by atoms with Crippen LogP contribution in [0.4, 0.5) is 24.7 Å². The average molecular weight is 307 g/mol. The van der Waals surface area contributed by atoms with Gasteiger partial charge in [-0.3, -0.25) is 0 Å². The summed E-state index contributed by atoms with van der Waals surface area (Å²) in [6.45, 7) is 0. The van der Waals surface area contributed by atoms with Crippen LogP contribution in [-0.2, 0) is 11.0 Å². The van der Waals surface area contributed by atoms with Crippen molar-refractivity contribution in [2.24, 2.45) is 4.99 Å². The Balaban J connectivity index is 2.61. The second-order valence-electron chi connectivity index (χ2n) is 4.74. The topological polar surface area (TPSA) is 45.6 Å². The Morgan fingerprint density at radius 3 is 2.50 bits per heavy atom. The van der Waals surface area contributed by atoms with Crippen LogP contribution < -0.4 is 4.90 Å². The quantitative estimate of drug-likeness (QED) is 0.640. The van der Waals surface area contributed by atoms with E-state index < -0.39 is 11.7 Å². The summed E-state index contributed by atoms with van der Waals surface area (Å²) in [6, 6.07) is 8.17. The Labute approximate surface area is 124 Å². The number of aliphatic imine (C=N–C) groups is 1. The summed E-state index contributed by atoms with van der Waals surface area (Å²) in [5.41, 5.74) is 0.107. The van der Waals surface area contributed by atoms with E-state index in [1.165, 1.54) is 17.0 Å². The number of carbonyl (C=O) groups excluding carboxylic acids is 1. The third-order valence-electron chi connectivity index (χ3n) is 2.91. The maximum absolute atomic E-state index is 13.0. The molecule has 2 aromatic rings. The predicted octanol–water partition coefficient (Wildman–Crippen LogP) is 3.80. The fourth-order valence-electron chi connectivity index (χ4n) is 1.84. The smallest absolute Gasteiger partial charge is 0.363 e. The summed E-state index contributed by atoms with van der Waals surface area (Å²) in [7, 11) is 3.22. The van der Waals surface area contributed by atoms with Crippen LogP contribution in [0.25, 0.3) is 11.3 Å². The van der Waals surface area contributed by atoms with Gasteiger partial charge in [0.15, 0.2) is 0 Å². The molecular weight excluding hydrogens is 295 g/mol. The van der Waals surface area contributed by atoms with Crippen molar-refractivity contribution < 1.29 is 18.0 Å². The molecule has 1 aromatic heterocycles. The van der Waals surface area contributed by atoms with Gasteiger partial charge in [0.25, 0.3) is 0 Å². The zero-order valence-electron chi connectivity index (χ0n) is 11.8. The molecule has 0 atom stereocenters. The van der Waals surface area contributed by atoms with Crippen LogP contribution in [0.3, 0.4) is 0 Å². The van der Waals surface area contributed by atoms with Gasteiger partial charge in [0.2, 0.25) is 6.08 Å². The minimum Gasteiger partial charge on any atom is -0.363 e. The zero-order valence-corrected chi connectivity index (χ0v) is 11.8. The predicted molar refractivity (Wildman–Crippen MR) is 76.8 cm³/mol. The number of anilines is 1. The molecule has 0 saturated carbocycles. The minimum absolute atomic E-state index is 0.154. The first-order chi connectivity index (χ1) is 10.3. The van der Waals surface area contributed by atoms with Gasteiger partial charge in [-0.25, -0.2) is 9.78 Å². The van der Waals surface area contributed by atoms with E-state index in [1.807, 2.05) is 0 Å². The Kier molecular flexibility index (Phi) is 4.28. The van der Waals surface area contributed by atoms with Gasteiger partial charge in [0.1, 0.15) is 5.82 Å². The Bertz CT molecular complexity index is 735. The van der Waals surface area contributed by atoms with Gasteiger partial charge in [-0.2, -0.15) is 18.2 Å². The fraction of sp³-hybridized carbons (Fsp3) is 0.200. The molecule has 0 spiro atoms. The number of halogens is 3. The number of rotatable bonds is 3. The summed E-state index contributed by atoms with van der Waals surface area (Å²) in [5, 5.41) is 0. The third-order valence-corrected chi connectivity index (χ3v) is 2.91. The molecule has 0 aliphatic carbocycles. The molecule has 0 unspecified atom stereocenters. The summed E-state index contributed by atoms with van der Waals surface area (Å²) in [6.07, 6.45) is -3.08. The monoisotopic (exact) mass is 307 g/mol. The lowest BCUT2D eigenvalue weighted by molar-refractivity contribution is -0.137. The number of aromatic nitrogens is 1. The highest BCUT2D eigenvalue weighted by atomic mass is 19.4. The Hall–Kier alpha value is -2.66. The van der Waals surface area contributed by atoms with E-state index in [9.17, 15) is 18.0 Å². The summed E-state index contributed by atoms with van der Waals surface area (Å²) in [5.74, 6) is 0.189. The van der Waals surface area contributed by atoms with Crippen LogP contribution in [0.15, 0.2) is 41.4 Å². The van der Waals surface area contributed by atoms with Crippen molar-refractivity contribution in [3.63, 3.8) is 0 Å². The second kappa shape index (κ2) is 5.99. The molecule has 0 saturated heterocycles. The molecular formula is C15H12F3N3O. The SMILES string of the molecule is CN(C)c1cc(C(F)(F)F)cc(-c2cccc(N=C=O)c2)n1. The molecule has 0 fully saturated rings. The van der Waals surface area contributed by atoms with Crippen molar-refractivity contribution in [1.29, 1.82) is 0 Å². The van der Waals surface area contributed by atoms with Gasteiger partial charge in [-0.05, 0) is 24.3 Å². The molecule has 4 nitrogen and oxygen atoms in total. The van der Waals surface area contributed by atoms with Crippen molar-refractivity contribution >= 4 is 17.6 Å². The van der Waals surface area contributed by atoms with Crippen molar-refractivity contribution in [3.8, 4) is 11.3 Å². The summed E-state index contributed by atoms with van der Waals surface area (Å²) in [4.78, 5) is 19.4. The Morgan fingerprint density at radius 1 is 1.18 bits per heavy atom. The van der Waals surface area contributed by atoms with Crippen molar-refractivity contribution in [2.75, 3.05) is 19.0 Å². The summed E-state index contributed by atoms with van der Waals surface area (Å²) >= 11 is 0. The first-order valence-electron chi connectivity index (χ1n) is 6.26. The van der Waals surface area contributed by atoms with Crippen LogP contribution in [0.2, 0.25) is 0 Å². The number of benzene rings is 1. The number of pyridine rings is 1. The maximum Gasteiger partial charge on any atom is 0.416 e. The molecule has 22 heavy (non-hydrogen) atoms. The lowest BCUT2D eigenvalue weighted by Gasteiger charge is -2.16. The first kappa shape index (κ1) is 15.7. The summed E-state index contributed by atoms with van der Waals surface area (Å²) < 4.78 is 39.0. The molecule has 1 heterocycles. The number of nitrogens with zero attached hydrogens (tertiary/aromatic N) is 3. The highest BCUT2D eigenvalue weighted by molar-refractivity contribution is 5.67. The second-order valence-corrected chi connectivity index (χ2v) is 4.74. The number of alkyl halides is 3. The largest absolute Gasteiger partial charge is 0.416 e. The average Bonchev–Trinajstić information content (AvgIpc) is 2.46. The lowest BCUT2D eigenvalue weighted by atomic mass is 10.1. The van der Waals surface area contributed by atoms with Crippen molar-refractivity contribution in [3.05, 3.63) is 42.0 Å². The first-order valence-corrected chi connectivity index (χ1v) is 6.26. The highest BCUT2D eigenvalue weighted by Gasteiger charge is 2.32. The molecule has 2 rings (SSSR count). The van der Waals surface area contributed by atoms with Gasteiger partial charge in [0.05, 0.1) is 16.9 Å². The van der Waals surface area contributed by atoms with E-state index in [0.717, 1.165) is 12.1 Å². The Morgan fingerprint density at radius 2 is 1.91 bits per heavy atom. The van der Waals surface area contributed by atoms with Crippen LogP contribution >= 0.6 is 0 Å². The van der Waals surface area contributed by atoms with Crippen molar-refractivity contribution in [2.45, 2.75) is 6.18 Å². The van der Waals surface area contributed by atoms with Gasteiger partial charge in [0, 0.05) is 19.7 Å². The minimum atomic E-state index is -4.47. The van der Waals surface area contributed by atoms with Crippen LogP contribution in [0, 0.1) is 0 Å². The van der Waals surface area contributed by atoms with Gasteiger partial charge in [-0.1, -0.05) is 12.1 Å². The zero-order chi connectivity index (χ0) is 16.3. The molecule has 0 aliphatic heterocycles. The fourth-order valence-corrected chi connectivity index (χ4v) is 1.84. The number of hydrogen-bond donors (Lipinski definition) is 0. The van der Waals surface area contributed by atoms with Crippen LogP contribution in [-0.4, -0.2) is 25.2 Å². The standard InChI is InChI=1S/C15H12F3N3O/c1-21(2)14-8-11(15(16,17)18)7-13(20-14)10-4-3-5-12(6-10)19-9-22/h3-8H,1-2H3.